The Balaban J connectivity index is 3.01. The topological polar surface area (TPSA) is 49.4 Å². The van der Waals surface area contributed by atoms with Gasteiger partial charge < -0.3 is 5.32 Å². The summed E-state index contributed by atoms with van der Waals surface area (Å²) in [6.45, 7) is 15.1. The zero-order chi connectivity index (χ0) is 16.5. The van der Waals surface area contributed by atoms with Crippen LogP contribution in [0.15, 0.2) is 0 Å². The molecule has 126 valence electrons. The molecule has 0 aromatic heterocycles. The molecule has 0 aromatic carbocycles. The Morgan fingerprint density at radius 2 is 1.81 bits per heavy atom. The number of sulfone groups is 1. The van der Waals surface area contributed by atoms with Crippen LogP contribution in [0.3, 0.4) is 0 Å². The van der Waals surface area contributed by atoms with Crippen molar-refractivity contribution in [1.29, 1.82) is 0 Å². The van der Waals surface area contributed by atoms with Gasteiger partial charge in [0.1, 0.15) is 0 Å². The third-order valence-electron chi connectivity index (χ3n) is 5.37. The Labute approximate surface area is 131 Å². The van der Waals surface area contributed by atoms with E-state index in [1.54, 1.807) is 0 Å². The van der Waals surface area contributed by atoms with E-state index in [9.17, 15) is 8.42 Å². The summed E-state index contributed by atoms with van der Waals surface area (Å²) in [6.07, 6.45) is 3.50. The average Bonchev–Trinajstić information content (AvgIpc) is 2.36. The highest BCUT2D eigenvalue weighted by atomic mass is 32.2. The van der Waals surface area contributed by atoms with Crippen LogP contribution in [0.5, 0.6) is 0 Å². The fourth-order valence-corrected chi connectivity index (χ4v) is 3.57. The van der Waals surface area contributed by atoms with E-state index in [1.165, 1.54) is 6.26 Å². The molecule has 0 bridgehead atoms. The molecule has 0 amide bonds. The van der Waals surface area contributed by atoms with Crippen molar-refractivity contribution in [1.82, 2.24) is 10.2 Å². The normalized spacial score (nSPS) is 24.5. The molecule has 4 nitrogen and oxygen atoms in total. The van der Waals surface area contributed by atoms with Crippen molar-refractivity contribution in [2.45, 2.75) is 70.7 Å². The molecule has 0 aromatic rings. The second-order valence-corrected chi connectivity index (χ2v) is 10.3. The molecule has 21 heavy (non-hydrogen) atoms. The lowest BCUT2D eigenvalue weighted by molar-refractivity contribution is 0.0446. The van der Waals surface area contributed by atoms with Gasteiger partial charge in [-0.25, -0.2) is 8.42 Å². The van der Waals surface area contributed by atoms with Gasteiger partial charge in [0.15, 0.2) is 9.84 Å². The minimum absolute atomic E-state index is 0.124. The summed E-state index contributed by atoms with van der Waals surface area (Å²) < 4.78 is 23.4. The first-order valence-corrected chi connectivity index (χ1v) is 10.1. The molecule has 1 aliphatic rings. The van der Waals surface area contributed by atoms with Crippen LogP contribution in [0, 0.1) is 5.92 Å². The highest BCUT2D eigenvalue weighted by Crippen LogP contribution is 2.28. The zero-order valence-corrected chi connectivity index (χ0v) is 15.7. The summed E-state index contributed by atoms with van der Waals surface area (Å²) in [6, 6.07) is 0.400. The molecule has 1 aliphatic heterocycles. The molecule has 0 radical (unpaired) electrons. The largest absolute Gasteiger partial charge is 0.308 e. The maximum Gasteiger partial charge on any atom is 0.153 e. The minimum atomic E-state index is -3.06. The molecule has 0 saturated carbocycles. The smallest absolute Gasteiger partial charge is 0.153 e. The van der Waals surface area contributed by atoms with Crippen LogP contribution in [-0.2, 0) is 9.84 Å². The molecule has 1 unspecified atom stereocenters. The van der Waals surface area contributed by atoms with Crippen molar-refractivity contribution < 1.29 is 8.42 Å². The van der Waals surface area contributed by atoms with Crippen LogP contribution in [0.4, 0.5) is 0 Å². The molecule has 0 aliphatic carbocycles. The van der Waals surface area contributed by atoms with E-state index in [-0.39, 0.29) is 5.54 Å². The molecule has 1 N–H and O–H groups in total. The monoisotopic (exact) mass is 318 g/mol. The van der Waals surface area contributed by atoms with Crippen LogP contribution in [0.25, 0.3) is 0 Å². The summed E-state index contributed by atoms with van der Waals surface area (Å²) in [5, 5.41) is 3.73. The number of nitrogens with zero attached hydrogens (tertiary/aromatic N) is 1. The van der Waals surface area contributed by atoms with Crippen LogP contribution < -0.4 is 5.32 Å². The van der Waals surface area contributed by atoms with Crippen molar-refractivity contribution in [3.8, 4) is 0 Å². The minimum Gasteiger partial charge on any atom is -0.308 e. The summed E-state index contributed by atoms with van der Waals surface area (Å²) in [7, 11) is -3.06. The predicted octanol–water partition coefficient (Wildman–Crippen LogP) is 2.30. The van der Waals surface area contributed by atoms with Crippen molar-refractivity contribution in [3.05, 3.63) is 0 Å². The van der Waals surface area contributed by atoms with Crippen LogP contribution in [0.1, 0.15) is 54.4 Å². The van der Waals surface area contributed by atoms with Gasteiger partial charge in [-0.3, -0.25) is 4.90 Å². The van der Waals surface area contributed by atoms with Gasteiger partial charge in [0, 0.05) is 37.5 Å². The van der Waals surface area contributed by atoms with Gasteiger partial charge in [0.2, 0.25) is 0 Å². The Hall–Kier alpha value is -0.130. The summed E-state index contributed by atoms with van der Waals surface area (Å²) >= 11 is 0. The molecule has 1 saturated heterocycles. The third-order valence-corrected chi connectivity index (χ3v) is 7.51. The first kappa shape index (κ1) is 18.9. The number of piperazine rings is 1. The van der Waals surface area contributed by atoms with E-state index < -0.39 is 14.6 Å². The quantitative estimate of drug-likeness (QED) is 0.816. The molecule has 1 heterocycles. The Morgan fingerprint density at radius 1 is 1.29 bits per heavy atom. The number of hydrogen-bond acceptors (Lipinski definition) is 4. The van der Waals surface area contributed by atoms with E-state index in [4.69, 9.17) is 0 Å². The molecule has 5 heteroatoms. The number of rotatable bonds is 6. The highest BCUT2D eigenvalue weighted by molar-refractivity contribution is 7.92. The molecule has 1 atom stereocenters. The van der Waals surface area contributed by atoms with Gasteiger partial charge in [0.05, 0.1) is 4.75 Å². The van der Waals surface area contributed by atoms with Gasteiger partial charge in [-0.2, -0.15) is 0 Å². The van der Waals surface area contributed by atoms with E-state index in [1.807, 2.05) is 13.8 Å². The second kappa shape index (κ2) is 6.55. The standard InChI is InChI=1S/C16H34N2O2S/c1-8-16(9-2)12-18(14(10-17-16)13(3)4)11-15(5,6)21(7,19)20/h13-14,17H,8-12H2,1-7H3. The van der Waals surface area contributed by atoms with Crippen molar-refractivity contribution in [2.24, 2.45) is 5.92 Å². The predicted molar refractivity (Wildman–Crippen MR) is 90.4 cm³/mol. The molecule has 0 spiro atoms. The van der Waals surface area contributed by atoms with E-state index >= 15 is 0 Å². The number of nitrogens with one attached hydrogen (secondary N) is 1. The Morgan fingerprint density at radius 3 is 2.19 bits per heavy atom. The zero-order valence-electron chi connectivity index (χ0n) is 14.9. The Kier molecular flexibility index (Phi) is 5.90. The highest BCUT2D eigenvalue weighted by Gasteiger charge is 2.42. The van der Waals surface area contributed by atoms with Gasteiger partial charge >= 0.3 is 0 Å². The second-order valence-electron chi connectivity index (χ2n) is 7.62. The Bertz CT molecular complexity index is 439. The maximum absolute atomic E-state index is 12.1. The van der Waals surface area contributed by atoms with Crippen molar-refractivity contribution in [3.63, 3.8) is 0 Å². The SMILES string of the molecule is CCC1(CC)CN(CC(C)(C)S(C)(=O)=O)C(C(C)C)CN1. The number of hydrogen-bond donors (Lipinski definition) is 1. The molecular weight excluding hydrogens is 284 g/mol. The molecule has 1 fully saturated rings. The summed E-state index contributed by atoms with van der Waals surface area (Å²) in [4.78, 5) is 2.41. The summed E-state index contributed by atoms with van der Waals surface area (Å²) in [5.74, 6) is 0.513. The first-order chi connectivity index (χ1) is 9.48. The fraction of sp³-hybridized carbons (Fsp3) is 1.00. The van der Waals surface area contributed by atoms with Crippen molar-refractivity contribution >= 4 is 9.84 Å². The van der Waals surface area contributed by atoms with Crippen LogP contribution in [-0.4, -0.2) is 55.5 Å². The average molecular weight is 319 g/mol. The summed E-state index contributed by atoms with van der Waals surface area (Å²) in [5.41, 5.74) is 0.124. The van der Waals surface area contributed by atoms with E-state index in [0.29, 0.717) is 18.5 Å². The van der Waals surface area contributed by atoms with Crippen molar-refractivity contribution in [2.75, 3.05) is 25.9 Å². The van der Waals surface area contributed by atoms with Gasteiger partial charge in [-0.15, -0.1) is 0 Å². The van der Waals surface area contributed by atoms with Gasteiger partial charge in [0.25, 0.3) is 0 Å². The van der Waals surface area contributed by atoms with E-state index in [0.717, 1.165) is 25.9 Å². The first-order valence-electron chi connectivity index (χ1n) is 8.16. The molecule has 1 rings (SSSR count). The van der Waals surface area contributed by atoms with Crippen LogP contribution in [0.2, 0.25) is 0 Å². The van der Waals surface area contributed by atoms with Gasteiger partial charge in [-0.1, -0.05) is 27.7 Å². The van der Waals surface area contributed by atoms with E-state index in [2.05, 4.69) is 37.9 Å². The van der Waals surface area contributed by atoms with Crippen LogP contribution >= 0.6 is 0 Å². The maximum atomic E-state index is 12.1. The lowest BCUT2D eigenvalue weighted by Gasteiger charge is -2.50. The third kappa shape index (κ3) is 4.20. The fourth-order valence-electron chi connectivity index (χ4n) is 3.17. The lowest BCUT2D eigenvalue weighted by atomic mass is 9.86. The van der Waals surface area contributed by atoms with Gasteiger partial charge in [-0.05, 0) is 32.6 Å². The molecular formula is C16H34N2O2S. The lowest BCUT2D eigenvalue weighted by Crippen LogP contribution is -2.66.